The Bertz CT molecular complexity index is 722. The van der Waals surface area contributed by atoms with Gasteiger partial charge in [-0.25, -0.2) is 4.79 Å². The van der Waals surface area contributed by atoms with E-state index in [9.17, 15) is 14.9 Å². The number of aromatic nitrogens is 1. The first kappa shape index (κ1) is 16.7. The normalized spacial score (nSPS) is 13.3. The number of hydrogen-bond donors (Lipinski definition) is 1. The largest absolute Gasteiger partial charge is 0.461 e. The number of carbonyl (C=O) groups is 1. The van der Waals surface area contributed by atoms with Crippen molar-refractivity contribution >= 4 is 11.7 Å². The van der Waals surface area contributed by atoms with Crippen LogP contribution >= 0.6 is 0 Å². The molecule has 0 spiro atoms. The molecule has 2 N–H and O–H groups in total. The summed E-state index contributed by atoms with van der Waals surface area (Å²) in [5, 5.41) is 10.9. The van der Waals surface area contributed by atoms with Crippen molar-refractivity contribution in [2.45, 2.75) is 25.9 Å². The van der Waals surface area contributed by atoms with Crippen LogP contribution in [0.2, 0.25) is 0 Å². The van der Waals surface area contributed by atoms with E-state index < -0.39 is 16.4 Å². The van der Waals surface area contributed by atoms with Gasteiger partial charge in [0.2, 0.25) is 0 Å². The molecule has 1 atom stereocenters. The van der Waals surface area contributed by atoms with Crippen molar-refractivity contribution in [1.82, 2.24) is 4.57 Å². The van der Waals surface area contributed by atoms with Gasteiger partial charge in [0.1, 0.15) is 5.69 Å². The van der Waals surface area contributed by atoms with Gasteiger partial charge in [0.05, 0.1) is 17.1 Å². The molecule has 1 heterocycles. The van der Waals surface area contributed by atoms with Gasteiger partial charge in [-0.1, -0.05) is 12.1 Å². The van der Waals surface area contributed by atoms with Crippen molar-refractivity contribution in [2.75, 3.05) is 6.61 Å². The van der Waals surface area contributed by atoms with E-state index in [1.807, 2.05) is 0 Å². The number of hydrogen-bond acceptors (Lipinski definition) is 5. The Morgan fingerprint density at radius 2 is 2.13 bits per heavy atom. The number of benzene rings is 1. The van der Waals surface area contributed by atoms with Crippen LogP contribution in [0.5, 0.6) is 0 Å². The average molecular weight is 317 g/mol. The van der Waals surface area contributed by atoms with Crippen LogP contribution in [0.3, 0.4) is 0 Å². The molecule has 0 saturated heterocycles. The summed E-state index contributed by atoms with van der Waals surface area (Å²) in [5.41, 5.74) is 6.46. The van der Waals surface area contributed by atoms with Crippen LogP contribution < -0.4 is 5.73 Å². The van der Waals surface area contributed by atoms with Gasteiger partial charge in [-0.2, -0.15) is 0 Å². The average Bonchev–Trinajstić information content (AvgIpc) is 2.95. The van der Waals surface area contributed by atoms with E-state index in [1.165, 1.54) is 12.1 Å². The number of rotatable bonds is 6. The molecular weight excluding hydrogens is 298 g/mol. The van der Waals surface area contributed by atoms with Crippen LogP contribution in [0, 0.1) is 10.1 Å². The SMILES string of the molecule is CCOC(=O)c1cccn1CC(C)(N)c1cccc([N+](=O)[O-])c1. The highest BCUT2D eigenvalue weighted by molar-refractivity contribution is 5.87. The topological polar surface area (TPSA) is 100 Å². The van der Waals surface area contributed by atoms with Gasteiger partial charge in [0, 0.05) is 24.9 Å². The summed E-state index contributed by atoms with van der Waals surface area (Å²) in [6.45, 7) is 4.08. The van der Waals surface area contributed by atoms with Gasteiger partial charge in [-0.15, -0.1) is 0 Å². The first-order valence-corrected chi connectivity index (χ1v) is 7.21. The molecule has 23 heavy (non-hydrogen) atoms. The van der Waals surface area contributed by atoms with Gasteiger partial charge in [0.15, 0.2) is 0 Å². The number of nitrogens with zero attached hydrogens (tertiary/aromatic N) is 2. The van der Waals surface area contributed by atoms with Crippen molar-refractivity contribution in [1.29, 1.82) is 0 Å². The lowest BCUT2D eigenvalue weighted by atomic mass is 9.92. The van der Waals surface area contributed by atoms with Crippen LogP contribution in [0.4, 0.5) is 5.69 Å². The summed E-state index contributed by atoms with van der Waals surface area (Å²) in [6.07, 6.45) is 1.73. The summed E-state index contributed by atoms with van der Waals surface area (Å²) >= 11 is 0. The molecule has 0 saturated carbocycles. The number of carbonyl (C=O) groups excluding carboxylic acids is 1. The van der Waals surface area contributed by atoms with Crippen molar-refractivity contribution in [3.8, 4) is 0 Å². The third kappa shape index (κ3) is 3.75. The maximum Gasteiger partial charge on any atom is 0.354 e. The van der Waals surface area contributed by atoms with Crippen LogP contribution in [0.1, 0.15) is 29.9 Å². The maximum absolute atomic E-state index is 11.9. The Hall–Kier alpha value is -2.67. The summed E-state index contributed by atoms with van der Waals surface area (Å²) in [7, 11) is 0. The molecule has 2 aromatic rings. The van der Waals surface area contributed by atoms with Crippen molar-refractivity contribution in [2.24, 2.45) is 5.73 Å². The van der Waals surface area contributed by atoms with Crippen LogP contribution in [0.15, 0.2) is 42.6 Å². The predicted molar refractivity (Wildman–Crippen MR) is 85.0 cm³/mol. The van der Waals surface area contributed by atoms with Crippen molar-refractivity contribution in [3.63, 3.8) is 0 Å². The van der Waals surface area contributed by atoms with Gasteiger partial charge in [-0.3, -0.25) is 10.1 Å². The molecule has 2 rings (SSSR count). The number of nitrogens with two attached hydrogens (primary N) is 1. The lowest BCUT2D eigenvalue weighted by Crippen LogP contribution is -2.38. The van der Waals surface area contributed by atoms with Gasteiger partial charge < -0.3 is 15.0 Å². The van der Waals surface area contributed by atoms with E-state index in [0.717, 1.165) is 0 Å². The second-order valence-electron chi connectivity index (χ2n) is 5.47. The van der Waals surface area contributed by atoms with E-state index in [0.29, 0.717) is 11.3 Å². The van der Waals surface area contributed by atoms with Crippen LogP contribution in [-0.4, -0.2) is 22.1 Å². The highest BCUT2D eigenvalue weighted by Gasteiger charge is 2.25. The molecule has 1 aromatic carbocycles. The second-order valence-corrected chi connectivity index (χ2v) is 5.47. The van der Waals surface area contributed by atoms with E-state index >= 15 is 0 Å². The van der Waals surface area contributed by atoms with Crippen molar-refractivity contribution in [3.05, 3.63) is 64.0 Å². The number of nitro benzene ring substituents is 1. The number of non-ortho nitro benzene ring substituents is 1. The summed E-state index contributed by atoms with van der Waals surface area (Å²) in [6, 6.07) is 9.59. The fourth-order valence-corrected chi connectivity index (χ4v) is 2.36. The Kier molecular flexibility index (Phi) is 4.80. The highest BCUT2D eigenvalue weighted by Crippen LogP contribution is 2.25. The zero-order chi connectivity index (χ0) is 17.0. The second kappa shape index (κ2) is 6.62. The molecule has 0 radical (unpaired) electrons. The fraction of sp³-hybridized carbons (Fsp3) is 0.312. The fourth-order valence-electron chi connectivity index (χ4n) is 2.36. The van der Waals surface area contributed by atoms with E-state index in [2.05, 4.69) is 0 Å². The first-order chi connectivity index (χ1) is 10.8. The van der Waals surface area contributed by atoms with Gasteiger partial charge >= 0.3 is 5.97 Å². The molecule has 0 aliphatic carbocycles. The zero-order valence-electron chi connectivity index (χ0n) is 13.1. The molecule has 122 valence electrons. The Labute approximate surface area is 133 Å². The maximum atomic E-state index is 11.9. The van der Waals surface area contributed by atoms with E-state index in [4.69, 9.17) is 10.5 Å². The highest BCUT2D eigenvalue weighted by atomic mass is 16.6. The van der Waals surface area contributed by atoms with Gasteiger partial charge in [-0.05, 0) is 31.5 Å². The minimum absolute atomic E-state index is 0.0164. The number of nitro groups is 1. The Morgan fingerprint density at radius 1 is 1.39 bits per heavy atom. The standard InChI is InChI=1S/C16H19N3O4/c1-3-23-15(20)14-8-5-9-18(14)11-16(2,17)12-6-4-7-13(10-12)19(21)22/h4-10H,3,11,17H2,1-2H3. The lowest BCUT2D eigenvalue weighted by molar-refractivity contribution is -0.385. The van der Waals surface area contributed by atoms with Gasteiger partial charge in [0.25, 0.3) is 5.69 Å². The summed E-state index contributed by atoms with van der Waals surface area (Å²) in [5.74, 6) is -0.424. The lowest BCUT2D eigenvalue weighted by Gasteiger charge is -2.26. The minimum Gasteiger partial charge on any atom is -0.461 e. The first-order valence-electron chi connectivity index (χ1n) is 7.21. The monoisotopic (exact) mass is 317 g/mol. The summed E-state index contributed by atoms with van der Waals surface area (Å²) in [4.78, 5) is 22.4. The van der Waals surface area contributed by atoms with Crippen LogP contribution in [-0.2, 0) is 16.8 Å². The minimum atomic E-state index is -0.883. The molecule has 0 aliphatic heterocycles. The molecular formula is C16H19N3O4. The molecule has 1 unspecified atom stereocenters. The summed E-state index contributed by atoms with van der Waals surface area (Å²) < 4.78 is 6.70. The van der Waals surface area contributed by atoms with E-state index in [-0.39, 0.29) is 18.8 Å². The Morgan fingerprint density at radius 3 is 2.78 bits per heavy atom. The number of ether oxygens (including phenoxy) is 1. The molecule has 0 amide bonds. The zero-order valence-corrected chi connectivity index (χ0v) is 13.1. The number of esters is 1. The molecule has 7 heteroatoms. The molecule has 7 nitrogen and oxygen atoms in total. The predicted octanol–water partition coefficient (Wildman–Crippen LogP) is 2.45. The molecule has 1 aromatic heterocycles. The third-order valence-corrected chi connectivity index (χ3v) is 3.53. The Balaban J connectivity index is 2.28. The molecule has 0 aliphatic rings. The molecule has 0 bridgehead atoms. The third-order valence-electron chi connectivity index (χ3n) is 3.53. The van der Waals surface area contributed by atoms with Crippen LogP contribution in [0.25, 0.3) is 0 Å². The quantitative estimate of drug-likeness (QED) is 0.501. The smallest absolute Gasteiger partial charge is 0.354 e. The molecule has 0 fully saturated rings. The van der Waals surface area contributed by atoms with E-state index in [1.54, 1.807) is 48.9 Å². The van der Waals surface area contributed by atoms with Crippen molar-refractivity contribution < 1.29 is 14.5 Å².